The van der Waals surface area contributed by atoms with Gasteiger partial charge in [0, 0.05) is 12.6 Å². The monoisotopic (exact) mass is 456 g/mol. The van der Waals surface area contributed by atoms with E-state index in [-0.39, 0.29) is 10.4 Å². The minimum absolute atomic E-state index is 0.00920. The van der Waals surface area contributed by atoms with Crippen LogP contribution in [0, 0.1) is 5.92 Å². The van der Waals surface area contributed by atoms with Crippen molar-refractivity contribution in [3.63, 3.8) is 0 Å². The standard InChI is InChI=1S/C23H28N4O4S/c1-15(12-16-6-2-3-7-16)24-14-17-8-4-5-9-19(17)27-32(30,31)18-10-11-20-21(13-18)26-23(29)22(28)25-20/h4-5,8-11,13,15-16,24,27H,2-3,6-7,12,14H2,1H3,(H,25,28)(H,26,29)/t15-/m0/s1. The Morgan fingerprint density at radius 2 is 1.69 bits per heavy atom. The van der Waals surface area contributed by atoms with E-state index in [9.17, 15) is 18.0 Å². The average molecular weight is 457 g/mol. The summed E-state index contributed by atoms with van der Waals surface area (Å²) in [5.74, 6) is 0.778. The van der Waals surface area contributed by atoms with Crippen molar-refractivity contribution in [2.24, 2.45) is 5.92 Å². The second kappa shape index (κ2) is 9.30. The number of hydrogen-bond acceptors (Lipinski definition) is 5. The minimum Gasteiger partial charge on any atom is -0.316 e. The van der Waals surface area contributed by atoms with Crippen molar-refractivity contribution in [3.05, 3.63) is 68.7 Å². The molecule has 2 aromatic carbocycles. The zero-order valence-electron chi connectivity index (χ0n) is 18.0. The van der Waals surface area contributed by atoms with Gasteiger partial charge in [0.25, 0.3) is 10.0 Å². The molecular weight excluding hydrogens is 428 g/mol. The molecular formula is C23H28N4O4S. The van der Waals surface area contributed by atoms with Crippen molar-refractivity contribution in [2.75, 3.05) is 4.72 Å². The Bertz CT molecular complexity index is 1320. The number of rotatable bonds is 8. The second-order valence-electron chi connectivity index (χ2n) is 8.55. The van der Waals surface area contributed by atoms with Gasteiger partial charge >= 0.3 is 11.1 Å². The van der Waals surface area contributed by atoms with Crippen LogP contribution in [0.4, 0.5) is 5.69 Å². The van der Waals surface area contributed by atoms with Gasteiger partial charge in [-0.1, -0.05) is 43.9 Å². The van der Waals surface area contributed by atoms with E-state index in [1.54, 1.807) is 12.1 Å². The SMILES string of the molecule is C[C@@H](CC1CCCC1)NCc1ccccc1NS(=O)(=O)c1ccc2[nH]c(=O)c(=O)[nH]c2c1. The minimum atomic E-state index is -3.90. The fraction of sp³-hybridized carbons (Fsp3) is 0.391. The van der Waals surface area contributed by atoms with E-state index in [1.807, 2.05) is 12.1 Å². The second-order valence-corrected chi connectivity index (χ2v) is 10.2. The van der Waals surface area contributed by atoms with Crippen LogP contribution in [-0.2, 0) is 16.6 Å². The van der Waals surface area contributed by atoms with E-state index in [0.717, 1.165) is 17.9 Å². The molecule has 0 spiro atoms. The maximum atomic E-state index is 13.0. The van der Waals surface area contributed by atoms with Gasteiger partial charge in [0.2, 0.25) is 0 Å². The molecule has 9 heteroatoms. The molecule has 8 nitrogen and oxygen atoms in total. The molecule has 170 valence electrons. The lowest BCUT2D eigenvalue weighted by atomic mass is 9.99. The molecule has 1 aliphatic rings. The third kappa shape index (κ3) is 5.11. The Morgan fingerprint density at radius 1 is 1.00 bits per heavy atom. The van der Waals surface area contributed by atoms with Gasteiger partial charge in [-0.2, -0.15) is 0 Å². The van der Waals surface area contributed by atoms with Gasteiger partial charge in [-0.25, -0.2) is 8.42 Å². The molecule has 4 N–H and O–H groups in total. The van der Waals surface area contributed by atoms with E-state index in [4.69, 9.17) is 0 Å². The molecule has 1 saturated carbocycles. The van der Waals surface area contributed by atoms with Gasteiger partial charge in [0.05, 0.1) is 21.6 Å². The largest absolute Gasteiger partial charge is 0.316 e. The summed E-state index contributed by atoms with van der Waals surface area (Å²) in [6, 6.07) is 11.8. The van der Waals surface area contributed by atoms with E-state index in [1.165, 1.54) is 43.9 Å². The molecule has 0 unspecified atom stereocenters. The van der Waals surface area contributed by atoms with Crippen LogP contribution in [0.3, 0.4) is 0 Å². The van der Waals surface area contributed by atoms with Crippen LogP contribution in [0.5, 0.6) is 0 Å². The predicted molar refractivity (Wildman–Crippen MR) is 125 cm³/mol. The van der Waals surface area contributed by atoms with Crippen molar-refractivity contribution in [3.8, 4) is 0 Å². The molecule has 0 bridgehead atoms. The summed E-state index contributed by atoms with van der Waals surface area (Å²) in [6.07, 6.45) is 6.37. The highest BCUT2D eigenvalue weighted by Gasteiger charge is 2.19. The molecule has 0 radical (unpaired) electrons. The Hall–Kier alpha value is -2.91. The highest BCUT2D eigenvalue weighted by atomic mass is 32.2. The molecule has 0 aliphatic heterocycles. The van der Waals surface area contributed by atoms with E-state index in [0.29, 0.717) is 23.8 Å². The van der Waals surface area contributed by atoms with Crippen LogP contribution < -0.4 is 21.2 Å². The van der Waals surface area contributed by atoms with Crippen LogP contribution in [0.25, 0.3) is 11.0 Å². The summed E-state index contributed by atoms with van der Waals surface area (Å²) in [5.41, 5.74) is 0.344. The van der Waals surface area contributed by atoms with E-state index >= 15 is 0 Å². The van der Waals surface area contributed by atoms with Gasteiger partial charge in [-0.15, -0.1) is 0 Å². The highest BCUT2D eigenvalue weighted by molar-refractivity contribution is 7.92. The molecule has 1 atom stereocenters. The molecule has 1 aromatic heterocycles. The number of aromatic nitrogens is 2. The molecule has 0 amide bonds. The maximum absolute atomic E-state index is 13.0. The number of hydrogen-bond donors (Lipinski definition) is 4. The fourth-order valence-electron chi connectivity index (χ4n) is 4.35. The lowest BCUT2D eigenvalue weighted by Gasteiger charge is -2.19. The summed E-state index contributed by atoms with van der Waals surface area (Å²) in [5, 5.41) is 3.52. The zero-order valence-corrected chi connectivity index (χ0v) is 18.8. The first-order valence-electron chi connectivity index (χ1n) is 10.9. The summed E-state index contributed by atoms with van der Waals surface area (Å²) in [6.45, 7) is 2.73. The number of anilines is 1. The fourth-order valence-corrected chi connectivity index (χ4v) is 5.48. The predicted octanol–water partition coefficient (Wildman–Crippen LogP) is 3.08. The Balaban J connectivity index is 1.50. The van der Waals surface area contributed by atoms with Gasteiger partial charge in [-0.3, -0.25) is 14.3 Å². The van der Waals surface area contributed by atoms with Gasteiger partial charge < -0.3 is 15.3 Å². The van der Waals surface area contributed by atoms with Gasteiger partial charge in [-0.05, 0) is 49.1 Å². The van der Waals surface area contributed by atoms with Crippen molar-refractivity contribution in [2.45, 2.75) is 56.5 Å². The summed E-state index contributed by atoms with van der Waals surface area (Å²) in [4.78, 5) is 27.9. The first-order valence-corrected chi connectivity index (χ1v) is 12.4. The quantitative estimate of drug-likeness (QED) is 0.388. The molecule has 32 heavy (non-hydrogen) atoms. The Kier molecular flexibility index (Phi) is 6.48. The summed E-state index contributed by atoms with van der Waals surface area (Å²) >= 11 is 0. The van der Waals surface area contributed by atoms with Gasteiger partial charge in [0.15, 0.2) is 0 Å². The van der Waals surface area contributed by atoms with Crippen molar-refractivity contribution in [1.82, 2.24) is 15.3 Å². The highest BCUT2D eigenvalue weighted by Crippen LogP contribution is 2.29. The molecule has 1 fully saturated rings. The van der Waals surface area contributed by atoms with E-state index in [2.05, 4.69) is 26.9 Å². The number of para-hydroxylation sites is 1. The van der Waals surface area contributed by atoms with Crippen LogP contribution in [0.15, 0.2) is 56.9 Å². The normalized spacial score (nSPS) is 15.8. The third-order valence-electron chi connectivity index (χ3n) is 6.07. The third-order valence-corrected chi connectivity index (χ3v) is 7.43. The van der Waals surface area contributed by atoms with Crippen LogP contribution in [0.2, 0.25) is 0 Å². The maximum Gasteiger partial charge on any atom is 0.314 e. The lowest BCUT2D eigenvalue weighted by molar-refractivity contribution is 0.404. The topological polar surface area (TPSA) is 124 Å². The molecule has 0 saturated heterocycles. The number of sulfonamides is 1. The van der Waals surface area contributed by atoms with Crippen molar-refractivity contribution in [1.29, 1.82) is 0 Å². The van der Waals surface area contributed by atoms with Crippen LogP contribution in [0.1, 0.15) is 44.6 Å². The lowest BCUT2D eigenvalue weighted by Crippen LogP contribution is -2.29. The molecule has 4 rings (SSSR count). The summed E-state index contributed by atoms with van der Waals surface area (Å²) < 4.78 is 28.7. The van der Waals surface area contributed by atoms with Crippen molar-refractivity contribution < 1.29 is 8.42 Å². The van der Waals surface area contributed by atoms with Crippen LogP contribution in [-0.4, -0.2) is 24.4 Å². The Labute approximate surface area is 186 Å². The number of fused-ring (bicyclic) bond motifs is 1. The van der Waals surface area contributed by atoms with Crippen LogP contribution >= 0.6 is 0 Å². The molecule has 1 aliphatic carbocycles. The Morgan fingerprint density at radius 3 is 2.44 bits per heavy atom. The smallest absolute Gasteiger partial charge is 0.314 e. The van der Waals surface area contributed by atoms with E-state index < -0.39 is 21.1 Å². The number of aromatic amines is 2. The number of nitrogens with one attached hydrogen (secondary N) is 4. The first kappa shape index (κ1) is 22.3. The first-order chi connectivity index (χ1) is 15.3. The van der Waals surface area contributed by atoms with Crippen molar-refractivity contribution >= 4 is 26.7 Å². The number of H-pyrrole nitrogens is 2. The number of benzene rings is 2. The van der Waals surface area contributed by atoms with Gasteiger partial charge in [0.1, 0.15) is 0 Å². The zero-order chi connectivity index (χ0) is 22.7. The average Bonchev–Trinajstić information content (AvgIpc) is 3.26. The molecule has 3 aromatic rings. The summed E-state index contributed by atoms with van der Waals surface area (Å²) in [7, 11) is -3.90. The molecule has 1 heterocycles.